The van der Waals surface area contributed by atoms with E-state index in [1.165, 1.54) is 24.8 Å². The number of aryl methyl sites for hydroxylation is 2. The van der Waals surface area contributed by atoms with E-state index in [-0.39, 0.29) is 38.4 Å². The van der Waals surface area contributed by atoms with Gasteiger partial charge in [-0.3, -0.25) is 4.79 Å². The van der Waals surface area contributed by atoms with Crippen molar-refractivity contribution in [3.8, 4) is 5.75 Å². The molecule has 0 fully saturated rings. The molecule has 0 N–H and O–H groups in total. The van der Waals surface area contributed by atoms with E-state index in [2.05, 4.69) is 60.6 Å². The summed E-state index contributed by atoms with van der Waals surface area (Å²) in [7, 11) is 0.131. The topological polar surface area (TPSA) is 26.3 Å². The molecule has 0 heterocycles. The van der Waals surface area contributed by atoms with E-state index in [9.17, 15) is 4.79 Å². The maximum atomic E-state index is 13.0. The third-order valence-corrected chi connectivity index (χ3v) is 6.87. The molecule has 0 aromatic heterocycles. The molecule has 31 heavy (non-hydrogen) atoms. The van der Waals surface area contributed by atoms with Crippen molar-refractivity contribution in [3.05, 3.63) is 58.7 Å². The van der Waals surface area contributed by atoms with Crippen LogP contribution < -0.4 is 10.0 Å². The van der Waals surface area contributed by atoms with Crippen molar-refractivity contribution in [1.82, 2.24) is 0 Å². The first-order chi connectivity index (χ1) is 14.2. The molecular formula is C27H39LiO2P. The van der Waals surface area contributed by atoms with Gasteiger partial charge in [-0.15, -0.1) is 0 Å². The van der Waals surface area contributed by atoms with Gasteiger partial charge in [0.25, 0.3) is 0 Å². The third kappa shape index (κ3) is 8.42. The van der Waals surface area contributed by atoms with Crippen LogP contribution in [0.4, 0.5) is 0 Å². The Bertz CT molecular complexity index is 814. The fourth-order valence-corrected chi connectivity index (χ4v) is 4.81. The van der Waals surface area contributed by atoms with Crippen LogP contribution in [0, 0.1) is 19.8 Å². The zero-order chi connectivity index (χ0) is 22.3. The monoisotopic (exact) mass is 433 g/mol. The van der Waals surface area contributed by atoms with Gasteiger partial charge in [-0.2, -0.15) is 0 Å². The second kappa shape index (κ2) is 12.8. The van der Waals surface area contributed by atoms with Crippen molar-refractivity contribution in [2.75, 3.05) is 6.61 Å². The summed E-state index contributed by atoms with van der Waals surface area (Å²) in [6, 6.07) is 12.4. The predicted octanol–water partition coefficient (Wildman–Crippen LogP) is 6.96. The molecule has 0 bridgehead atoms. The Hall–Kier alpha value is -1.06. The molecule has 0 saturated heterocycles. The number of ether oxygens (including phenoxy) is 1. The Morgan fingerprint density at radius 2 is 1.61 bits per heavy atom. The van der Waals surface area contributed by atoms with Crippen molar-refractivity contribution >= 4 is 38.3 Å². The van der Waals surface area contributed by atoms with Gasteiger partial charge in [0, 0.05) is 24.4 Å². The van der Waals surface area contributed by atoms with Crippen LogP contribution in [-0.2, 0) is 5.41 Å². The summed E-state index contributed by atoms with van der Waals surface area (Å²) in [4.78, 5) is 13.0. The minimum absolute atomic E-state index is 0. The van der Waals surface area contributed by atoms with Gasteiger partial charge in [-0.25, -0.2) is 0 Å². The van der Waals surface area contributed by atoms with Crippen LogP contribution in [0.25, 0.3) is 0 Å². The van der Waals surface area contributed by atoms with Gasteiger partial charge in [0.2, 0.25) is 0 Å². The Morgan fingerprint density at radius 1 is 1.03 bits per heavy atom. The number of carbonyl (C=O) groups excluding carboxylic acids is 1. The minimum atomic E-state index is 0. The van der Waals surface area contributed by atoms with Crippen LogP contribution in [0.1, 0.15) is 87.4 Å². The Morgan fingerprint density at radius 3 is 2.10 bits per heavy atom. The van der Waals surface area contributed by atoms with Crippen molar-refractivity contribution in [2.24, 2.45) is 5.92 Å². The molecule has 0 aliphatic carbocycles. The first-order valence-electron chi connectivity index (χ1n) is 11.3. The smallest absolute Gasteiger partial charge is 0.186 e. The summed E-state index contributed by atoms with van der Waals surface area (Å²) in [6.45, 7) is 16.0. The zero-order valence-electron chi connectivity index (χ0n) is 20.9. The Kier molecular flexibility index (Phi) is 11.6. The average Bonchev–Trinajstić information content (AvgIpc) is 2.68. The second-order valence-electron chi connectivity index (χ2n) is 9.44. The maximum Gasteiger partial charge on any atom is 0.186 e. The number of rotatable bonds is 10. The largest absolute Gasteiger partial charge is 0.493 e. The van der Waals surface area contributed by atoms with Gasteiger partial charge in [-0.1, -0.05) is 78.1 Å². The first-order valence-corrected chi connectivity index (χ1v) is 12.3. The minimum Gasteiger partial charge on any atom is -0.493 e. The van der Waals surface area contributed by atoms with Crippen LogP contribution >= 0.6 is 8.58 Å². The maximum absolute atomic E-state index is 13.0. The average molecular weight is 434 g/mol. The Balaban J connectivity index is 0.00000480. The van der Waals surface area contributed by atoms with Gasteiger partial charge in [-0.05, 0) is 74.3 Å². The van der Waals surface area contributed by atoms with Crippen molar-refractivity contribution in [3.63, 3.8) is 0 Å². The summed E-state index contributed by atoms with van der Waals surface area (Å²) >= 11 is 0. The van der Waals surface area contributed by atoms with E-state index in [4.69, 9.17) is 4.74 Å². The standard InChI is InChI=1S/C27H39O2P.Li/c1-8-10-11-21(9-2)18-29-23-12-14-24(15-13-23)30-26(28)25-19(3)16-22(17-20(25)4)27(5,6)7;/h12-17,21,30H,8-11,18H2,1-7H3;. The molecule has 0 saturated carbocycles. The predicted molar refractivity (Wildman–Crippen MR) is 138 cm³/mol. The number of carbonyl (C=O) groups is 1. The summed E-state index contributed by atoms with van der Waals surface area (Å²) in [5.74, 6) is 1.52. The van der Waals surface area contributed by atoms with Crippen LogP contribution in [0.5, 0.6) is 5.75 Å². The molecule has 2 rings (SSSR count). The molecule has 0 amide bonds. The van der Waals surface area contributed by atoms with Crippen molar-refractivity contribution in [1.29, 1.82) is 0 Å². The van der Waals surface area contributed by atoms with E-state index in [1.807, 2.05) is 24.3 Å². The van der Waals surface area contributed by atoms with E-state index in [0.717, 1.165) is 40.8 Å². The SMILES string of the molecule is CCCCC(CC)COc1ccc(PC(=O)c2c(C)cc(C(C)(C)C)cc2C)cc1.[Li]. The van der Waals surface area contributed by atoms with Crippen LogP contribution in [0.3, 0.4) is 0 Å². The van der Waals surface area contributed by atoms with E-state index < -0.39 is 0 Å². The van der Waals surface area contributed by atoms with E-state index in [0.29, 0.717) is 5.92 Å². The van der Waals surface area contributed by atoms with Crippen LogP contribution in [0.2, 0.25) is 0 Å². The number of benzene rings is 2. The molecule has 165 valence electrons. The molecule has 2 atom stereocenters. The summed E-state index contributed by atoms with van der Waals surface area (Å²) in [5.41, 5.74) is 4.61. The summed E-state index contributed by atoms with van der Waals surface area (Å²) in [6.07, 6.45) is 4.88. The molecule has 2 nitrogen and oxygen atoms in total. The third-order valence-electron chi connectivity index (χ3n) is 5.77. The summed E-state index contributed by atoms with van der Waals surface area (Å²) < 4.78 is 6.00. The van der Waals surface area contributed by atoms with Gasteiger partial charge in [0.05, 0.1) is 6.61 Å². The fraction of sp³-hybridized carbons (Fsp3) is 0.519. The van der Waals surface area contributed by atoms with E-state index in [1.54, 1.807) is 0 Å². The number of unbranched alkanes of at least 4 members (excludes halogenated alkanes) is 1. The quantitative estimate of drug-likeness (QED) is 0.299. The molecule has 2 aromatic carbocycles. The first kappa shape index (κ1) is 28.0. The van der Waals surface area contributed by atoms with Crippen LogP contribution in [-0.4, -0.2) is 31.0 Å². The molecule has 2 unspecified atom stereocenters. The molecule has 4 heteroatoms. The Labute approximate surface area is 203 Å². The number of hydrogen-bond acceptors (Lipinski definition) is 2. The molecular weight excluding hydrogens is 394 g/mol. The van der Waals surface area contributed by atoms with Gasteiger partial charge >= 0.3 is 0 Å². The molecule has 0 aliphatic heterocycles. The molecule has 0 spiro atoms. The number of hydrogen-bond donors (Lipinski definition) is 0. The van der Waals surface area contributed by atoms with Crippen LogP contribution in [0.15, 0.2) is 36.4 Å². The summed E-state index contributed by atoms with van der Waals surface area (Å²) in [5, 5.41) is 1.06. The zero-order valence-corrected chi connectivity index (χ0v) is 21.9. The molecule has 2 aromatic rings. The molecule has 1 radical (unpaired) electrons. The van der Waals surface area contributed by atoms with E-state index >= 15 is 0 Å². The van der Waals surface area contributed by atoms with Gasteiger partial charge < -0.3 is 4.74 Å². The van der Waals surface area contributed by atoms with Crippen molar-refractivity contribution < 1.29 is 9.53 Å². The van der Waals surface area contributed by atoms with Gasteiger partial charge in [0.15, 0.2) is 5.52 Å². The normalized spacial score (nSPS) is 12.6. The second-order valence-corrected chi connectivity index (χ2v) is 10.7. The van der Waals surface area contributed by atoms with Crippen molar-refractivity contribution in [2.45, 2.75) is 79.6 Å². The molecule has 0 aliphatic rings. The van der Waals surface area contributed by atoms with Gasteiger partial charge in [0.1, 0.15) is 5.75 Å². The fourth-order valence-electron chi connectivity index (χ4n) is 3.69.